The fourth-order valence-electron chi connectivity index (χ4n) is 2.13. The Bertz CT molecular complexity index is 724. The summed E-state index contributed by atoms with van der Waals surface area (Å²) in [6.45, 7) is 3.70. The molecule has 26 heavy (non-hydrogen) atoms. The number of methoxy groups -OCH3 is 1. The molecular weight excluding hydrogens is 369 g/mol. The van der Waals surface area contributed by atoms with E-state index in [0.29, 0.717) is 28.2 Å². The highest BCUT2D eigenvalue weighted by molar-refractivity contribution is 6.35. The summed E-state index contributed by atoms with van der Waals surface area (Å²) in [7, 11) is 5.10. The van der Waals surface area contributed by atoms with E-state index >= 15 is 0 Å². The van der Waals surface area contributed by atoms with E-state index in [-0.39, 0.29) is 5.92 Å². The number of nitrogens with zero attached hydrogens (tertiary/aromatic N) is 2. The van der Waals surface area contributed by atoms with E-state index < -0.39 is 0 Å². The molecule has 0 aromatic heterocycles. The Hall–Kier alpha value is -2.17. The molecule has 0 aliphatic carbocycles. The van der Waals surface area contributed by atoms with Crippen molar-refractivity contribution < 1.29 is 4.74 Å². The molecule has 0 saturated heterocycles. The Morgan fingerprint density at radius 3 is 2.69 bits per heavy atom. The number of hydrogen-bond acceptors (Lipinski definition) is 2. The van der Waals surface area contributed by atoms with Gasteiger partial charge >= 0.3 is 0 Å². The minimum absolute atomic E-state index is 0.0833. The fourth-order valence-corrected chi connectivity index (χ4v) is 2.61. The number of benzene rings is 1. The first kappa shape index (κ1) is 21.9. The van der Waals surface area contributed by atoms with Crippen LogP contribution in [0.15, 0.2) is 72.1 Å². The Labute approximate surface area is 165 Å². The molecule has 0 spiro atoms. The van der Waals surface area contributed by atoms with Gasteiger partial charge in [-0.3, -0.25) is 4.99 Å². The molecule has 0 fully saturated rings. The van der Waals surface area contributed by atoms with Crippen molar-refractivity contribution in [2.24, 2.45) is 16.6 Å². The van der Waals surface area contributed by atoms with E-state index in [9.17, 15) is 0 Å². The maximum atomic E-state index is 6.31. The smallest absolute Gasteiger partial charge is 0.194 e. The van der Waals surface area contributed by atoms with Gasteiger partial charge in [-0.15, -0.1) is 0 Å². The molecule has 140 valence electrons. The second kappa shape index (κ2) is 11.4. The molecule has 1 rings (SSSR count). The van der Waals surface area contributed by atoms with Crippen molar-refractivity contribution in [1.82, 2.24) is 4.90 Å². The highest BCUT2D eigenvalue weighted by atomic mass is 35.5. The summed E-state index contributed by atoms with van der Waals surface area (Å²) in [4.78, 5) is 5.71. The highest BCUT2D eigenvalue weighted by Gasteiger charge is 2.08. The van der Waals surface area contributed by atoms with E-state index in [1.807, 2.05) is 43.6 Å². The number of guanidine groups is 1. The van der Waals surface area contributed by atoms with Gasteiger partial charge in [0, 0.05) is 36.3 Å². The molecule has 0 heterocycles. The van der Waals surface area contributed by atoms with Gasteiger partial charge in [-0.25, -0.2) is 0 Å². The van der Waals surface area contributed by atoms with Gasteiger partial charge in [-0.05, 0) is 36.3 Å². The van der Waals surface area contributed by atoms with Gasteiger partial charge in [-0.2, -0.15) is 0 Å². The van der Waals surface area contributed by atoms with Gasteiger partial charge in [0.1, 0.15) is 5.76 Å². The molecule has 0 amide bonds. The van der Waals surface area contributed by atoms with E-state index in [4.69, 9.17) is 33.7 Å². The molecule has 0 radical (unpaired) electrons. The minimum atomic E-state index is 0.0833. The van der Waals surface area contributed by atoms with Gasteiger partial charge in [0.15, 0.2) is 5.96 Å². The van der Waals surface area contributed by atoms with Crippen LogP contribution < -0.4 is 5.73 Å². The molecule has 1 atom stereocenters. The van der Waals surface area contributed by atoms with Crippen molar-refractivity contribution in [3.63, 3.8) is 0 Å². The minimum Gasteiger partial charge on any atom is -0.497 e. The molecule has 2 N–H and O–H groups in total. The number of halogens is 2. The Morgan fingerprint density at radius 2 is 2.12 bits per heavy atom. The summed E-state index contributed by atoms with van der Waals surface area (Å²) in [6.07, 6.45) is 12.1. The Morgan fingerprint density at radius 1 is 1.38 bits per heavy atom. The van der Waals surface area contributed by atoms with Crippen LogP contribution in [0, 0.1) is 5.92 Å². The van der Waals surface area contributed by atoms with Crippen LogP contribution in [0.1, 0.15) is 5.56 Å². The van der Waals surface area contributed by atoms with E-state index in [2.05, 4.69) is 17.6 Å². The molecule has 1 aromatic rings. The number of ether oxygens (including phenoxy) is 1. The third-order valence-corrected chi connectivity index (χ3v) is 4.26. The zero-order chi connectivity index (χ0) is 19.5. The maximum Gasteiger partial charge on any atom is 0.194 e. The van der Waals surface area contributed by atoms with Crippen LogP contribution in [-0.4, -0.2) is 32.1 Å². The molecule has 0 aliphatic rings. The summed E-state index contributed by atoms with van der Waals surface area (Å²) in [6, 6.07) is 5.52. The fraction of sp³-hybridized carbons (Fsp3) is 0.250. The average Bonchev–Trinajstić information content (AvgIpc) is 2.63. The largest absolute Gasteiger partial charge is 0.497 e. The van der Waals surface area contributed by atoms with Crippen LogP contribution in [0.4, 0.5) is 0 Å². The SMILES string of the molecule is C=C/C(=C\C=C\C(/C=C/N(C)C(N)=NC)Cc1ccc(Cl)cc1Cl)OC. The summed E-state index contributed by atoms with van der Waals surface area (Å²) in [5.74, 6) is 1.20. The summed E-state index contributed by atoms with van der Waals surface area (Å²) in [5.41, 5.74) is 6.81. The average molecular weight is 394 g/mol. The molecule has 6 heteroatoms. The van der Waals surface area contributed by atoms with Crippen molar-refractivity contribution in [2.45, 2.75) is 6.42 Å². The topological polar surface area (TPSA) is 50.8 Å². The number of hydrogen-bond donors (Lipinski definition) is 1. The lowest BCUT2D eigenvalue weighted by molar-refractivity contribution is 0.307. The molecule has 1 aromatic carbocycles. The molecule has 4 nitrogen and oxygen atoms in total. The van der Waals surface area contributed by atoms with E-state index in [1.54, 1.807) is 31.2 Å². The van der Waals surface area contributed by atoms with Crippen molar-refractivity contribution in [3.05, 3.63) is 82.7 Å². The zero-order valence-electron chi connectivity index (χ0n) is 15.3. The lowest BCUT2D eigenvalue weighted by Crippen LogP contribution is -2.29. The molecule has 0 saturated carbocycles. The van der Waals surface area contributed by atoms with Crippen molar-refractivity contribution in [3.8, 4) is 0 Å². The van der Waals surface area contributed by atoms with E-state index in [1.165, 1.54) is 0 Å². The first-order chi connectivity index (χ1) is 12.4. The summed E-state index contributed by atoms with van der Waals surface area (Å²) < 4.78 is 5.17. The highest BCUT2D eigenvalue weighted by Crippen LogP contribution is 2.24. The standard InChI is InChI=1S/C20H25Cl2N3O/c1-5-18(26-4)8-6-7-15(11-12-25(3)20(23)24-2)13-16-9-10-17(21)14-19(16)22/h5-12,14-15H,1,13H2,2-4H3,(H2,23,24)/b7-6+,12-11+,18-8+. The van der Waals surface area contributed by atoms with Crippen LogP contribution in [0.5, 0.6) is 0 Å². The predicted molar refractivity (Wildman–Crippen MR) is 113 cm³/mol. The Kier molecular flexibility index (Phi) is 9.63. The van der Waals surface area contributed by atoms with Gasteiger partial charge in [-0.1, -0.05) is 54.1 Å². The van der Waals surface area contributed by atoms with Gasteiger partial charge in [0.2, 0.25) is 0 Å². The summed E-state index contributed by atoms with van der Waals surface area (Å²) >= 11 is 12.3. The third-order valence-electron chi connectivity index (χ3n) is 3.67. The molecule has 1 unspecified atom stereocenters. The van der Waals surface area contributed by atoms with Crippen molar-refractivity contribution in [1.29, 1.82) is 0 Å². The number of aliphatic imine (C=N–C) groups is 1. The Balaban J connectivity index is 3.04. The van der Waals surface area contributed by atoms with Crippen LogP contribution in [-0.2, 0) is 11.2 Å². The van der Waals surface area contributed by atoms with Crippen LogP contribution in [0.2, 0.25) is 10.0 Å². The quantitative estimate of drug-likeness (QED) is 0.298. The van der Waals surface area contributed by atoms with Gasteiger partial charge in [0.05, 0.1) is 7.11 Å². The van der Waals surface area contributed by atoms with Crippen LogP contribution >= 0.6 is 23.2 Å². The lowest BCUT2D eigenvalue weighted by atomic mass is 9.98. The van der Waals surface area contributed by atoms with Crippen LogP contribution in [0.3, 0.4) is 0 Å². The maximum absolute atomic E-state index is 6.31. The van der Waals surface area contributed by atoms with E-state index in [0.717, 1.165) is 5.56 Å². The zero-order valence-corrected chi connectivity index (χ0v) is 16.8. The molecule has 0 bridgehead atoms. The number of nitrogens with two attached hydrogens (primary N) is 1. The second-order valence-corrected chi connectivity index (χ2v) is 6.34. The van der Waals surface area contributed by atoms with Crippen molar-refractivity contribution >= 4 is 29.2 Å². The monoisotopic (exact) mass is 393 g/mol. The van der Waals surface area contributed by atoms with Crippen LogP contribution in [0.25, 0.3) is 0 Å². The normalized spacial score (nSPS) is 14.0. The van der Waals surface area contributed by atoms with Gasteiger partial charge < -0.3 is 15.4 Å². The molecule has 0 aliphatic heterocycles. The summed E-state index contributed by atoms with van der Waals surface area (Å²) in [5, 5.41) is 1.26. The van der Waals surface area contributed by atoms with Crippen molar-refractivity contribution in [2.75, 3.05) is 21.2 Å². The second-order valence-electron chi connectivity index (χ2n) is 5.50. The first-order valence-electron chi connectivity index (χ1n) is 8.03. The third kappa shape index (κ3) is 7.38. The molecular formula is C20H25Cl2N3O. The van der Waals surface area contributed by atoms with Gasteiger partial charge in [0.25, 0.3) is 0 Å². The number of rotatable bonds is 8. The predicted octanol–water partition coefficient (Wildman–Crippen LogP) is 4.81. The lowest BCUT2D eigenvalue weighted by Gasteiger charge is -2.14. The number of allylic oxidation sites excluding steroid dienone is 5. The first-order valence-corrected chi connectivity index (χ1v) is 8.79.